The largest absolute Gasteiger partial charge is 0.490 e. The number of carbonyl (C=O) groups excluding carboxylic acids is 2. The zero-order chi connectivity index (χ0) is 31.4. The van der Waals surface area contributed by atoms with Crippen LogP contribution in [0.15, 0.2) is 36.4 Å². The lowest BCUT2D eigenvalue weighted by atomic mass is 9.68. The first-order valence-electron chi connectivity index (χ1n) is 15.9. The van der Waals surface area contributed by atoms with Gasteiger partial charge in [0, 0.05) is 47.5 Å². The van der Waals surface area contributed by atoms with E-state index in [1.165, 1.54) is 11.1 Å². The van der Waals surface area contributed by atoms with Gasteiger partial charge in [-0.3, -0.25) is 9.59 Å². The number of halogens is 1. The first-order chi connectivity index (χ1) is 20.9. The van der Waals surface area contributed by atoms with Gasteiger partial charge in [0.25, 0.3) is 5.91 Å². The molecule has 1 saturated carbocycles. The normalized spacial score (nSPS) is 32.1. The van der Waals surface area contributed by atoms with Crippen molar-refractivity contribution in [1.29, 1.82) is 0 Å². The lowest BCUT2D eigenvalue weighted by Gasteiger charge is -2.44. The first-order valence-corrected chi connectivity index (χ1v) is 17.8. The zero-order valence-corrected chi connectivity index (χ0v) is 27.7. The molecular weight excluding hydrogens is 598 g/mol. The smallest absolute Gasteiger partial charge is 0.264 e. The van der Waals surface area contributed by atoms with Gasteiger partial charge in [0.2, 0.25) is 10.0 Å². The third-order valence-corrected chi connectivity index (χ3v) is 13.1. The van der Waals surface area contributed by atoms with Gasteiger partial charge in [-0.15, -0.1) is 0 Å². The van der Waals surface area contributed by atoms with Gasteiger partial charge in [-0.1, -0.05) is 24.6 Å². The number of nitrogens with one attached hydrogen (secondary N) is 1. The number of rotatable bonds is 1. The maximum atomic E-state index is 13.8. The van der Waals surface area contributed by atoms with Crippen LogP contribution in [0.1, 0.15) is 73.9 Å². The number of nitrogens with zero attached hydrogens (tertiary/aromatic N) is 2. The molecule has 2 heterocycles. The van der Waals surface area contributed by atoms with E-state index in [2.05, 4.69) is 21.8 Å². The summed E-state index contributed by atoms with van der Waals surface area (Å²) < 4.78 is 35.7. The predicted octanol–water partition coefficient (Wildman–Crippen LogP) is 5.22. The van der Waals surface area contributed by atoms with Gasteiger partial charge in [0.1, 0.15) is 11.5 Å². The number of ether oxygens (including phenoxy) is 1. The number of aryl methyl sites for hydroxylation is 1. The third kappa shape index (κ3) is 5.87. The molecule has 0 saturated heterocycles. The van der Waals surface area contributed by atoms with Crippen LogP contribution < -0.4 is 14.4 Å². The van der Waals surface area contributed by atoms with Gasteiger partial charge in [0.15, 0.2) is 0 Å². The molecule has 10 heteroatoms. The zero-order valence-electron chi connectivity index (χ0n) is 26.1. The van der Waals surface area contributed by atoms with E-state index in [1.807, 2.05) is 32.0 Å². The highest BCUT2D eigenvalue weighted by Crippen LogP contribution is 2.46. The molecule has 2 bridgehead atoms. The number of carbonyl (C=O) groups is 2. The molecule has 6 atom stereocenters. The minimum atomic E-state index is -3.97. The van der Waals surface area contributed by atoms with Gasteiger partial charge < -0.3 is 14.5 Å². The molecule has 0 unspecified atom stereocenters. The van der Waals surface area contributed by atoms with E-state index >= 15 is 0 Å². The van der Waals surface area contributed by atoms with E-state index < -0.39 is 21.2 Å². The molecule has 238 valence electrons. The standard InChI is InChI=1S/C34H44ClN3O5S/c1-21-14-27(37(3)4)17-31(39)28-10-7-25(28)18-38-19-34(13-5-6-23-15-26(35)9-11-29(23)34)20-43-32-12-8-24(16-30(32)38)33(40)36-44(41,42)22(21)2/h8-9,11-12,15-16,21-22,25,27-28H,5-7,10,13-14,17-20H2,1-4H3,(H,36,40)/t21-,22+,25-,27+,28+,34-/m0/s1. The fourth-order valence-electron chi connectivity index (χ4n) is 7.82. The summed E-state index contributed by atoms with van der Waals surface area (Å²) in [4.78, 5) is 31.6. The highest BCUT2D eigenvalue weighted by Gasteiger charge is 2.45. The van der Waals surface area contributed by atoms with Gasteiger partial charge >= 0.3 is 0 Å². The minimum absolute atomic E-state index is 0.0330. The van der Waals surface area contributed by atoms with Crippen molar-refractivity contribution in [2.24, 2.45) is 17.8 Å². The highest BCUT2D eigenvalue weighted by atomic mass is 35.5. The Morgan fingerprint density at radius 3 is 2.61 bits per heavy atom. The van der Waals surface area contributed by atoms with Crippen molar-refractivity contribution in [3.8, 4) is 5.75 Å². The second kappa shape index (κ2) is 12.0. The van der Waals surface area contributed by atoms with Gasteiger partial charge in [-0.05, 0) is 113 Å². The van der Waals surface area contributed by atoms with Crippen LogP contribution in [-0.2, 0) is 26.7 Å². The van der Waals surface area contributed by atoms with Crippen LogP contribution in [0.4, 0.5) is 5.69 Å². The molecular formula is C34H44ClN3O5S. The Labute approximate surface area is 266 Å². The van der Waals surface area contributed by atoms with Gasteiger partial charge in [-0.25, -0.2) is 13.1 Å². The van der Waals surface area contributed by atoms with Crippen LogP contribution in [-0.4, -0.2) is 70.1 Å². The quantitative estimate of drug-likeness (QED) is 0.456. The fraction of sp³-hybridized carbons (Fsp3) is 0.588. The second-order valence-electron chi connectivity index (χ2n) is 13.9. The van der Waals surface area contributed by atoms with Crippen molar-refractivity contribution < 1.29 is 22.7 Å². The van der Waals surface area contributed by atoms with Crippen molar-refractivity contribution >= 4 is 39.0 Å². The molecule has 1 spiro atoms. The maximum absolute atomic E-state index is 13.8. The number of Topliss-reactive ketones (excluding diaryl/α,β-unsaturated/α-hetero) is 1. The number of amides is 1. The summed E-state index contributed by atoms with van der Waals surface area (Å²) in [6.45, 7) is 5.35. The second-order valence-corrected chi connectivity index (χ2v) is 16.4. The minimum Gasteiger partial charge on any atom is -0.490 e. The molecule has 0 aromatic heterocycles. The topological polar surface area (TPSA) is 96.0 Å². The average molecular weight is 642 g/mol. The summed E-state index contributed by atoms with van der Waals surface area (Å²) in [5.41, 5.74) is 3.25. The average Bonchev–Trinajstić information content (AvgIpc) is 3.10. The number of hydrogen-bond donors (Lipinski definition) is 1. The number of benzene rings is 2. The number of fused-ring (bicyclic) bond motifs is 4. The van der Waals surface area contributed by atoms with E-state index in [4.69, 9.17) is 16.3 Å². The number of sulfonamides is 1. The van der Waals surface area contributed by atoms with Crippen LogP contribution in [0.3, 0.4) is 0 Å². The van der Waals surface area contributed by atoms with Crippen molar-refractivity contribution in [2.75, 3.05) is 38.7 Å². The maximum Gasteiger partial charge on any atom is 0.264 e. The summed E-state index contributed by atoms with van der Waals surface area (Å²) in [5.74, 6) is 0.191. The molecule has 1 amide bonds. The van der Waals surface area contributed by atoms with Crippen LogP contribution in [0.2, 0.25) is 5.02 Å². The molecule has 2 aromatic rings. The highest BCUT2D eigenvalue weighted by molar-refractivity contribution is 7.90. The summed E-state index contributed by atoms with van der Waals surface area (Å²) in [6.07, 6.45) is 5.70. The Hall–Kier alpha value is -2.62. The molecule has 2 aromatic carbocycles. The van der Waals surface area contributed by atoms with Crippen LogP contribution in [0, 0.1) is 17.8 Å². The molecule has 4 aliphatic rings. The van der Waals surface area contributed by atoms with E-state index in [1.54, 1.807) is 25.1 Å². The third-order valence-electron chi connectivity index (χ3n) is 10.9. The van der Waals surface area contributed by atoms with Gasteiger partial charge in [-0.2, -0.15) is 0 Å². The van der Waals surface area contributed by atoms with Gasteiger partial charge in [0.05, 0.1) is 17.5 Å². The first kappa shape index (κ1) is 31.4. The number of anilines is 1. The van der Waals surface area contributed by atoms with Crippen LogP contribution >= 0.6 is 11.6 Å². The lowest BCUT2D eigenvalue weighted by Crippen LogP contribution is -2.49. The summed E-state index contributed by atoms with van der Waals surface area (Å²) in [7, 11) is -0.0735. The van der Waals surface area contributed by atoms with E-state index in [-0.39, 0.29) is 40.6 Å². The molecule has 2 aliphatic carbocycles. The van der Waals surface area contributed by atoms with Crippen LogP contribution in [0.5, 0.6) is 5.75 Å². The monoisotopic (exact) mass is 641 g/mol. The molecule has 0 radical (unpaired) electrons. The van der Waals surface area contributed by atoms with E-state index in [0.717, 1.165) is 42.8 Å². The molecule has 6 rings (SSSR count). The Bertz CT molecular complexity index is 1560. The Morgan fingerprint density at radius 1 is 1.09 bits per heavy atom. The van der Waals surface area contributed by atoms with E-state index in [0.29, 0.717) is 38.3 Å². The van der Waals surface area contributed by atoms with E-state index in [9.17, 15) is 18.0 Å². The Morgan fingerprint density at radius 2 is 1.89 bits per heavy atom. The Balaban J connectivity index is 1.42. The lowest BCUT2D eigenvalue weighted by molar-refractivity contribution is -0.129. The molecule has 2 aliphatic heterocycles. The Kier molecular flexibility index (Phi) is 8.52. The number of hydrogen-bond acceptors (Lipinski definition) is 7. The SMILES string of the molecule is C[C@@H]1[C@@H](C)C[C@@H](N(C)C)CC(=O)[C@@H]2CC[C@H]2CN2C[C@@]3(CCCc4cc(Cl)ccc43)COc3ccc(cc32)C(=O)NS1(=O)=O. The summed E-state index contributed by atoms with van der Waals surface area (Å²) in [5, 5.41) is -0.0847. The van der Waals surface area contributed by atoms with Crippen molar-refractivity contribution in [1.82, 2.24) is 9.62 Å². The molecule has 8 nitrogen and oxygen atoms in total. The molecule has 1 fully saturated rings. The predicted molar refractivity (Wildman–Crippen MR) is 173 cm³/mol. The number of ketones is 1. The van der Waals surface area contributed by atoms with Crippen LogP contribution in [0.25, 0.3) is 0 Å². The van der Waals surface area contributed by atoms with Crippen molar-refractivity contribution in [3.63, 3.8) is 0 Å². The van der Waals surface area contributed by atoms with Crippen molar-refractivity contribution in [2.45, 2.75) is 75.5 Å². The fourth-order valence-corrected chi connectivity index (χ4v) is 9.30. The van der Waals surface area contributed by atoms with Crippen molar-refractivity contribution in [3.05, 3.63) is 58.1 Å². The summed E-state index contributed by atoms with van der Waals surface area (Å²) in [6, 6.07) is 11.3. The molecule has 1 N–H and O–H groups in total. The molecule has 44 heavy (non-hydrogen) atoms. The summed E-state index contributed by atoms with van der Waals surface area (Å²) >= 11 is 6.40.